The van der Waals surface area contributed by atoms with Gasteiger partial charge in [-0.25, -0.2) is 9.97 Å². The highest BCUT2D eigenvalue weighted by molar-refractivity contribution is 6.31. The summed E-state index contributed by atoms with van der Waals surface area (Å²) < 4.78 is 12.9. The van der Waals surface area contributed by atoms with Crippen molar-refractivity contribution in [3.8, 4) is 23.3 Å². The van der Waals surface area contributed by atoms with Gasteiger partial charge in [-0.15, -0.1) is 0 Å². The molecule has 2 aliphatic heterocycles. The Labute approximate surface area is 241 Å². The van der Waals surface area contributed by atoms with Gasteiger partial charge in [-0.3, -0.25) is 14.5 Å². The van der Waals surface area contributed by atoms with Crippen molar-refractivity contribution < 1.29 is 19.1 Å². The Morgan fingerprint density at radius 1 is 1.05 bits per heavy atom. The minimum atomic E-state index is -1.51. The molecule has 1 spiro atoms. The van der Waals surface area contributed by atoms with Gasteiger partial charge in [-0.2, -0.15) is 4.98 Å². The number of methoxy groups -OCH3 is 2. The number of ether oxygens (including phenoxy) is 2. The molecule has 41 heavy (non-hydrogen) atoms. The van der Waals surface area contributed by atoms with Crippen molar-refractivity contribution in [2.24, 2.45) is 0 Å². The number of rotatable bonds is 5. The van der Waals surface area contributed by atoms with Gasteiger partial charge < -0.3 is 19.4 Å². The van der Waals surface area contributed by atoms with E-state index < -0.39 is 5.54 Å². The molecule has 4 heterocycles. The van der Waals surface area contributed by atoms with Crippen LogP contribution in [0.15, 0.2) is 42.6 Å². The minimum absolute atomic E-state index is 0.0143. The molecule has 4 aromatic rings. The number of imidazole rings is 1. The fourth-order valence-electron chi connectivity index (χ4n) is 6.22. The number of hydrogen-bond acceptors (Lipinski definition) is 7. The van der Waals surface area contributed by atoms with Crippen molar-refractivity contribution in [1.82, 2.24) is 19.5 Å². The summed E-state index contributed by atoms with van der Waals surface area (Å²) in [6.07, 6.45) is 4.35. The molecule has 2 aromatic heterocycles. The first-order valence-corrected chi connectivity index (χ1v) is 13.8. The summed E-state index contributed by atoms with van der Waals surface area (Å²) in [6, 6.07) is 11.3. The third-order valence-electron chi connectivity index (χ3n) is 8.34. The van der Waals surface area contributed by atoms with Crippen LogP contribution in [0.1, 0.15) is 58.2 Å². The first-order valence-electron chi connectivity index (χ1n) is 13.4. The lowest BCUT2D eigenvalue weighted by Crippen LogP contribution is -2.51. The Kier molecular flexibility index (Phi) is 5.62. The normalized spacial score (nSPS) is 19.3. The molecule has 1 atom stereocenters. The largest absolute Gasteiger partial charge is 0.480 e. The molecule has 1 fully saturated rings. The van der Waals surface area contributed by atoms with E-state index in [4.69, 9.17) is 26.1 Å². The van der Waals surface area contributed by atoms with Gasteiger partial charge in [0.15, 0.2) is 11.2 Å². The van der Waals surface area contributed by atoms with Crippen molar-refractivity contribution in [1.29, 1.82) is 0 Å². The summed E-state index contributed by atoms with van der Waals surface area (Å²) in [7, 11) is 2.99. The standard InChI is InChI=1S/C30H27ClN6O4/c1-15-8-9-16(2)22(12-15)37-27(38)23-24(30(37)20-11-10-17(31)13-21(20)33-28(30)39)36(18-6-5-7-18)25(34-23)19-14-32-29(41-4)35-26(19)40-3/h8-14,18H,5-7H2,1-4H3,(H,33,39). The first-order chi connectivity index (χ1) is 19.8. The van der Waals surface area contributed by atoms with Gasteiger partial charge in [0.05, 0.1) is 25.5 Å². The van der Waals surface area contributed by atoms with Crippen LogP contribution < -0.4 is 19.7 Å². The molecular formula is C30H27ClN6O4. The first kappa shape index (κ1) is 25.5. The lowest BCUT2D eigenvalue weighted by Gasteiger charge is -2.38. The van der Waals surface area contributed by atoms with Gasteiger partial charge in [0, 0.05) is 34.2 Å². The Morgan fingerprint density at radius 2 is 1.85 bits per heavy atom. The molecule has 10 nitrogen and oxygen atoms in total. The summed E-state index contributed by atoms with van der Waals surface area (Å²) in [5.41, 5.74) is 3.43. The van der Waals surface area contributed by atoms with Gasteiger partial charge in [0.2, 0.25) is 5.88 Å². The summed E-state index contributed by atoms with van der Waals surface area (Å²) in [5, 5.41) is 3.51. The number of fused-ring (bicyclic) bond motifs is 4. The molecular weight excluding hydrogens is 544 g/mol. The Hall–Kier alpha value is -4.44. The van der Waals surface area contributed by atoms with E-state index in [-0.39, 0.29) is 35.4 Å². The van der Waals surface area contributed by atoms with Gasteiger partial charge in [-0.1, -0.05) is 29.8 Å². The van der Waals surface area contributed by atoms with Crippen LogP contribution >= 0.6 is 11.6 Å². The average molecular weight is 571 g/mol. The summed E-state index contributed by atoms with van der Waals surface area (Å²) in [4.78, 5) is 44.3. The molecule has 1 aliphatic carbocycles. The second kappa shape index (κ2) is 9.04. The summed E-state index contributed by atoms with van der Waals surface area (Å²) in [6.45, 7) is 3.90. The lowest BCUT2D eigenvalue weighted by molar-refractivity contribution is -0.119. The number of nitrogens with zero attached hydrogens (tertiary/aromatic N) is 5. The number of aromatic nitrogens is 4. The maximum Gasteiger partial charge on any atom is 0.319 e. The summed E-state index contributed by atoms with van der Waals surface area (Å²) >= 11 is 6.36. The second-order valence-electron chi connectivity index (χ2n) is 10.7. The number of halogens is 1. The van der Waals surface area contributed by atoms with Gasteiger partial charge in [0.25, 0.3) is 11.8 Å². The SMILES string of the molecule is COc1ncc(-c2nc3c(n2C2CCC2)C2(C(=O)Nc4cc(Cl)ccc42)N(c2cc(C)ccc2C)C3=O)c(OC)n1. The van der Waals surface area contributed by atoms with Crippen LogP contribution in [0, 0.1) is 13.8 Å². The number of amides is 2. The van der Waals surface area contributed by atoms with Crippen LogP contribution in [0.4, 0.5) is 11.4 Å². The van der Waals surface area contributed by atoms with Crippen LogP contribution in [0.2, 0.25) is 5.02 Å². The highest BCUT2D eigenvalue weighted by Gasteiger charge is 2.64. The van der Waals surface area contributed by atoms with Crippen molar-refractivity contribution >= 4 is 34.8 Å². The monoisotopic (exact) mass is 570 g/mol. The van der Waals surface area contributed by atoms with Crippen LogP contribution in [0.25, 0.3) is 11.4 Å². The molecule has 11 heteroatoms. The van der Waals surface area contributed by atoms with Gasteiger partial charge >= 0.3 is 6.01 Å². The zero-order chi connectivity index (χ0) is 28.6. The van der Waals surface area contributed by atoms with Crippen molar-refractivity contribution in [2.75, 3.05) is 24.4 Å². The smallest absolute Gasteiger partial charge is 0.319 e. The number of anilines is 2. The molecule has 0 saturated heterocycles. The number of nitrogens with one attached hydrogen (secondary N) is 1. The fourth-order valence-corrected chi connectivity index (χ4v) is 6.39. The lowest BCUT2D eigenvalue weighted by atomic mass is 9.85. The molecule has 1 unspecified atom stereocenters. The molecule has 2 amide bonds. The van der Waals surface area contributed by atoms with Gasteiger partial charge in [0.1, 0.15) is 5.82 Å². The number of carbonyl (C=O) groups is 2. The number of hydrogen-bond donors (Lipinski definition) is 1. The van der Waals surface area contributed by atoms with E-state index in [1.807, 2.05) is 42.7 Å². The average Bonchev–Trinajstić information content (AvgIpc) is 3.52. The van der Waals surface area contributed by atoms with Crippen molar-refractivity contribution in [2.45, 2.75) is 44.7 Å². The molecule has 0 bridgehead atoms. The highest BCUT2D eigenvalue weighted by Crippen LogP contribution is 2.56. The zero-order valence-electron chi connectivity index (χ0n) is 23.0. The number of carbonyl (C=O) groups excluding carboxylic acids is 2. The third kappa shape index (κ3) is 3.40. The van der Waals surface area contributed by atoms with Crippen molar-refractivity contribution in [3.63, 3.8) is 0 Å². The number of aryl methyl sites for hydroxylation is 2. The topological polar surface area (TPSA) is 111 Å². The predicted octanol–water partition coefficient (Wildman–Crippen LogP) is 5.21. The zero-order valence-corrected chi connectivity index (χ0v) is 23.7. The molecule has 0 radical (unpaired) electrons. The van der Waals surface area contributed by atoms with Crippen LogP contribution in [-0.2, 0) is 10.3 Å². The summed E-state index contributed by atoms with van der Waals surface area (Å²) in [5.74, 6) is 0.0342. The van der Waals surface area contributed by atoms with Crippen LogP contribution in [-0.4, -0.2) is 45.6 Å². The molecule has 3 aliphatic rings. The van der Waals surface area contributed by atoms with Crippen LogP contribution in [0.5, 0.6) is 11.9 Å². The molecule has 1 N–H and O–H groups in total. The Morgan fingerprint density at radius 3 is 2.56 bits per heavy atom. The van der Waals surface area contributed by atoms with E-state index >= 15 is 0 Å². The Bertz CT molecular complexity index is 1780. The van der Waals surface area contributed by atoms with E-state index in [0.29, 0.717) is 39.0 Å². The van der Waals surface area contributed by atoms with Gasteiger partial charge in [-0.05, 0) is 62.4 Å². The Balaban J connectivity index is 1.58. The molecule has 208 valence electrons. The molecule has 2 aromatic carbocycles. The number of benzene rings is 2. The quantitative estimate of drug-likeness (QED) is 0.350. The van der Waals surface area contributed by atoms with E-state index in [9.17, 15) is 9.59 Å². The van der Waals surface area contributed by atoms with Crippen LogP contribution in [0.3, 0.4) is 0 Å². The second-order valence-corrected chi connectivity index (χ2v) is 11.1. The molecule has 1 saturated carbocycles. The van der Waals surface area contributed by atoms with E-state index in [0.717, 1.165) is 30.4 Å². The third-order valence-corrected chi connectivity index (χ3v) is 8.57. The minimum Gasteiger partial charge on any atom is -0.480 e. The maximum absolute atomic E-state index is 14.6. The molecule has 7 rings (SSSR count). The maximum atomic E-state index is 14.6. The fraction of sp³-hybridized carbons (Fsp3) is 0.300. The highest BCUT2D eigenvalue weighted by atomic mass is 35.5. The van der Waals surface area contributed by atoms with E-state index in [1.165, 1.54) is 14.2 Å². The van der Waals surface area contributed by atoms with Crippen molar-refractivity contribution in [3.05, 3.63) is 75.7 Å². The van der Waals surface area contributed by atoms with E-state index in [1.54, 1.807) is 23.2 Å². The van der Waals surface area contributed by atoms with E-state index in [2.05, 4.69) is 15.3 Å². The predicted molar refractivity (Wildman–Crippen MR) is 153 cm³/mol.